The summed E-state index contributed by atoms with van der Waals surface area (Å²) in [6.45, 7) is 3.77. The lowest BCUT2D eigenvalue weighted by Crippen LogP contribution is -2.52. The SMILES string of the molecule is Cc1cc(NC(=O)c2ncc(-c3cn(CC#N)nc3C(F)(F)F)n2C)cc(F)c1C(=O)N1CCN(C(=O)[C@H]2CCNC2)CC1. The molecule has 2 aliphatic rings. The normalized spacial score (nSPS) is 17.1. The molecule has 3 amide bonds. The van der Waals surface area contributed by atoms with E-state index in [9.17, 15) is 27.6 Å². The van der Waals surface area contributed by atoms with E-state index >= 15 is 4.39 Å². The lowest BCUT2D eigenvalue weighted by atomic mass is 10.0. The number of aromatic nitrogens is 4. The minimum Gasteiger partial charge on any atom is -0.339 e. The van der Waals surface area contributed by atoms with Gasteiger partial charge in [0.15, 0.2) is 11.5 Å². The summed E-state index contributed by atoms with van der Waals surface area (Å²) >= 11 is 0. The van der Waals surface area contributed by atoms with Gasteiger partial charge in [-0.1, -0.05) is 0 Å². The third-order valence-corrected chi connectivity index (χ3v) is 7.78. The summed E-state index contributed by atoms with van der Waals surface area (Å²) in [6.07, 6.45) is -1.93. The van der Waals surface area contributed by atoms with E-state index in [1.807, 2.05) is 0 Å². The monoisotopic (exact) mass is 615 g/mol. The lowest BCUT2D eigenvalue weighted by Gasteiger charge is -2.36. The zero-order valence-corrected chi connectivity index (χ0v) is 23.9. The second kappa shape index (κ2) is 12.1. The van der Waals surface area contributed by atoms with Gasteiger partial charge in [0.25, 0.3) is 11.8 Å². The first-order chi connectivity index (χ1) is 20.9. The Morgan fingerprint density at radius 2 is 1.86 bits per heavy atom. The van der Waals surface area contributed by atoms with Crippen LogP contribution in [0, 0.1) is 30.0 Å². The van der Waals surface area contributed by atoms with Crippen LogP contribution in [-0.4, -0.2) is 86.1 Å². The molecule has 0 spiro atoms. The number of carbonyl (C=O) groups is 3. The predicted octanol–water partition coefficient (Wildman–Crippen LogP) is 2.42. The van der Waals surface area contributed by atoms with Crippen LogP contribution in [0.2, 0.25) is 0 Å². The van der Waals surface area contributed by atoms with Gasteiger partial charge in [-0.2, -0.15) is 23.5 Å². The Bertz CT molecular complexity index is 1620. The molecule has 1 aromatic carbocycles. The molecule has 3 aromatic rings. The minimum absolute atomic E-state index is 0.0181. The highest BCUT2D eigenvalue weighted by Crippen LogP contribution is 2.36. The molecule has 1 atom stereocenters. The fourth-order valence-corrected chi connectivity index (χ4v) is 5.53. The van der Waals surface area contributed by atoms with Crippen molar-refractivity contribution in [2.75, 3.05) is 44.6 Å². The molecule has 0 aliphatic carbocycles. The van der Waals surface area contributed by atoms with E-state index in [1.54, 1.807) is 11.0 Å². The first kappa shape index (κ1) is 30.7. The molecule has 44 heavy (non-hydrogen) atoms. The molecule has 2 N–H and O–H groups in total. The number of carbonyl (C=O) groups excluding carboxylic acids is 3. The molecule has 2 aromatic heterocycles. The number of nitrogens with zero attached hydrogens (tertiary/aromatic N) is 7. The molecule has 2 fully saturated rings. The van der Waals surface area contributed by atoms with Crippen LogP contribution in [-0.2, 0) is 24.6 Å². The van der Waals surface area contributed by atoms with Crippen LogP contribution in [0.25, 0.3) is 11.3 Å². The highest BCUT2D eigenvalue weighted by molar-refractivity contribution is 6.03. The van der Waals surface area contributed by atoms with Crippen molar-refractivity contribution < 1.29 is 31.9 Å². The Morgan fingerprint density at radius 1 is 1.16 bits per heavy atom. The quantitative estimate of drug-likeness (QED) is 0.406. The highest BCUT2D eigenvalue weighted by Gasteiger charge is 2.39. The smallest absolute Gasteiger partial charge is 0.339 e. The van der Waals surface area contributed by atoms with Gasteiger partial charge in [-0.25, -0.2) is 9.37 Å². The largest absolute Gasteiger partial charge is 0.435 e. The number of rotatable bonds is 6. The number of aryl methyl sites for hydroxylation is 1. The molecule has 12 nitrogen and oxygen atoms in total. The van der Waals surface area contributed by atoms with Crippen LogP contribution in [0.4, 0.5) is 23.2 Å². The van der Waals surface area contributed by atoms with Crippen molar-refractivity contribution in [3.8, 4) is 17.3 Å². The van der Waals surface area contributed by atoms with Gasteiger partial charge < -0.3 is 25.0 Å². The fraction of sp³-hybridized carbons (Fsp3) is 0.429. The van der Waals surface area contributed by atoms with Crippen LogP contribution >= 0.6 is 0 Å². The maximum absolute atomic E-state index is 15.3. The molecule has 16 heteroatoms. The standard InChI is InChI=1S/C28H29F4N9O3/c1-16-11-18(12-20(29)22(16)27(44)40-9-7-39(8-10-40)26(43)17-3-5-34-13-17)36-25(42)24-35-14-21(38(24)2)19-15-41(6-4-33)37-23(19)28(30,31)32/h11-12,14-15,17,34H,3,5-10,13H2,1-2H3,(H,36,42)/t17-/m0/s1. The summed E-state index contributed by atoms with van der Waals surface area (Å²) < 4.78 is 58.1. The maximum atomic E-state index is 15.3. The number of amides is 3. The zero-order chi connectivity index (χ0) is 31.8. The number of halogens is 4. The fourth-order valence-electron chi connectivity index (χ4n) is 5.53. The van der Waals surface area contributed by atoms with Gasteiger partial charge in [0.2, 0.25) is 5.91 Å². The number of nitriles is 1. The summed E-state index contributed by atoms with van der Waals surface area (Å²) in [6, 6.07) is 4.13. The average Bonchev–Trinajstić information content (AvgIpc) is 3.72. The molecule has 0 bridgehead atoms. The number of alkyl halides is 3. The van der Waals surface area contributed by atoms with Crippen molar-refractivity contribution in [3.05, 3.63) is 53.0 Å². The summed E-state index contributed by atoms with van der Waals surface area (Å²) in [5.74, 6) is -2.49. The summed E-state index contributed by atoms with van der Waals surface area (Å²) in [5, 5.41) is 18.0. The highest BCUT2D eigenvalue weighted by atomic mass is 19.4. The van der Waals surface area contributed by atoms with Crippen LogP contribution in [0.5, 0.6) is 0 Å². The molecule has 2 aliphatic heterocycles. The third kappa shape index (κ3) is 6.00. The number of hydrogen-bond acceptors (Lipinski definition) is 7. The second-order valence-corrected chi connectivity index (χ2v) is 10.7. The van der Waals surface area contributed by atoms with Gasteiger partial charge in [-0.15, -0.1) is 0 Å². The third-order valence-electron chi connectivity index (χ3n) is 7.78. The molecule has 0 saturated carbocycles. The van der Waals surface area contributed by atoms with E-state index in [-0.39, 0.29) is 58.8 Å². The van der Waals surface area contributed by atoms with Crippen molar-refractivity contribution in [1.82, 2.24) is 34.4 Å². The van der Waals surface area contributed by atoms with Crippen LogP contribution in [0.1, 0.15) is 38.7 Å². The van der Waals surface area contributed by atoms with Crippen molar-refractivity contribution in [3.63, 3.8) is 0 Å². The number of piperazine rings is 1. The van der Waals surface area contributed by atoms with Crippen molar-refractivity contribution >= 4 is 23.4 Å². The van der Waals surface area contributed by atoms with Gasteiger partial charge in [0.05, 0.1) is 35.0 Å². The van der Waals surface area contributed by atoms with Gasteiger partial charge in [-0.3, -0.25) is 19.1 Å². The Hall–Kier alpha value is -4.78. The molecule has 2 saturated heterocycles. The maximum Gasteiger partial charge on any atom is 0.435 e. The van der Waals surface area contributed by atoms with Crippen LogP contribution in [0.3, 0.4) is 0 Å². The summed E-state index contributed by atoms with van der Waals surface area (Å²) in [4.78, 5) is 46.1. The number of anilines is 1. The first-order valence-corrected chi connectivity index (χ1v) is 13.8. The molecule has 5 rings (SSSR count). The van der Waals surface area contributed by atoms with Gasteiger partial charge in [0, 0.05) is 51.7 Å². The molecular weight excluding hydrogens is 586 g/mol. The molecule has 0 unspecified atom stereocenters. The van der Waals surface area contributed by atoms with Crippen molar-refractivity contribution in [2.24, 2.45) is 13.0 Å². The van der Waals surface area contributed by atoms with Crippen molar-refractivity contribution in [1.29, 1.82) is 5.26 Å². The van der Waals surface area contributed by atoms with Gasteiger partial charge >= 0.3 is 6.18 Å². The average molecular weight is 616 g/mol. The molecular formula is C28H29F4N9O3. The van der Waals surface area contributed by atoms with E-state index in [0.29, 0.717) is 19.6 Å². The topological polar surface area (TPSA) is 141 Å². The zero-order valence-electron chi connectivity index (χ0n) is 23.9. The Labute approximate surface area is 249 Å². The second-order valence-electron chi connectivity index (χ2n) is 10.7. The molecule has 4 heterocycles. The Morgan fingerprint density at radius 3 is 2.48 bits per heavy atom. The number of hydrogen-bond donors (Lipinski definition) is 2. The van der Waals surface area contributed by atoms with Crippen LogP contribution in [0.15, 0.2) is 24.5 Å². The molecule has 0 radical (unpaired) electrons. The number of imidazole rings is 1. The number of benzene rings is 1. The molecule has 232 valence electrons. The van der Waals surface area contributed by atoms with Gasteiger partial charge in [0.1, 0.15) is 12.4 Å². The van der Waals surface area contributed by atoms with Crippen LogP contribution < -0.4 is 10.6 Å². The van der Waals surface area contributed by atoms with E-state index < -0.39 is 36.0 Å². The minimum atomic E-state index is -4.82. The summed E-state index contributed by atoms with van der Waals surface area (Å²) in [7, 11) is 1.34. The van der Waals surface area contributed by atoms with E-state index in [1.165, 1.54) is 24.9 Å². The predicted molar refractivity (Wildman–Crippen MR) is 148 cm³/mol. The lowest BCUT2D eigenvalue weighted by molar-refractivity contribution is -0.141. The van der Waals surface area contributed by atoms with Gasteiger partial charge in [-0.05, 0) is 37.6 Å². The Balaban J connectivity index is 1.28. The van der Waals surface area contributed by atoms with E-state index in [2.05, 4.69) is 20.7 Å². The summed E-state index contributed by atoms with van der Waals surface area (Å²) in [5.41, 5.74) is -1.55. The van der Waals surface area contributed by atoms with E-state index in [0.717, 1.165) is 40.7 Å². The van der Waals surface area contributed by atoms with Crippen molar-refractivity contribution in [2.45, 2.75) is 26.1 Å². The Kier molecular flexibility index (Phi) is 8.42. The first-order valence-electron chi connectivity index (χ1n) is 13.8. The van der Waals surface area contributed by atoms with E-state index in [4.69, 9.17) is 5.26 Å². The number of nitrogens with one attached hydrogen (secondary N) is 2.